The number of carbonyl (C=O) groups excluding carboxylic acids is 1. The van der Waals surface area contributed by atoms with Crippen LogP contribution in [-0.2, 0) is 0 Å². The number of unbranched alkanes of at least 4 members (excludes halogenated alkanes) is 3. The molecule has 1 rings (SSSR count). The molecule has 94 valence electrons. The number of Topliss-reactive ketones (excluding diaryl/α,β-unsaturated/α-hetero) is 1. The van der Waals surface area contributed by atoms with Gasteiger partial charge in [0.1, 0.15) is 0 Å². The summed E-state index contributed by atoms with van der Waals surface area (Å²) in [6, 6.07) is 3.80. The van der Waals surface area contributed by atoms with E-state index in [1.54, 1.807) is 0 Å². The Morgan fingerprint density at radius 1 is 1.12 bits per heavy atom. The highest BCUT2D eigenvalue weighted by molar-refractivity contribution is 6.31. The van der Waals surface area contributed by atoms with Crippen LogP contribution in [0.4, 0.5) is 0 Å². The van der Waals surface area contributed by atoms with Crippen LogP contribution in [-0.4, -0.2) is 5.78 Å². The summed E-state index contributed by atoms with van der Waals surface area (Å²) in [7, 11) is 0. The maximum atomic E-state index is 12.0. The van der Waals surface area contributed by atoms with Gasteiger partial charge in [-0.25, -0.2) is 0 Å². The SMILES string of the molecule is CCCCCCC(=O)c1cc(C)c(Cl)cc1C. The van der Waals surface area contributed by atoms with Gasteiger partial charge in [0.25, 0.3) is 0 Å². The Balaban J connectivity index is 2.66. The predicted molar refractivity (Wildman–Crippen MR) is 74.0 cm³/mol. The molecule has 0 aliphatic rings. The van der Waals surface area contributed by atoms with Crippen molar-refractivity contribution < 1.29 is 4.79 Å². The van der Waals surface area contributed by atoms with E-state index in [9.17, 15) is 4.79 Å². The van der Waals surface area contributed by atoms with Gasteiger partial charge in [0.05, 0.1) is 0 Å². The molecule has 0 unspecified atom stereocenters. The molecule has 0 spiro atoms. The first-order chi connectivity index (χ1) is 8.06. The first-order valence-electron chi connectivity index (χ1n) is 6.36. The number of benzene rings is 1. The molecule has 0 atom stereocenters. The fraction of sp³-hybridized carbons (Fsp3) is 0.533. The molecule has 0 aromatic heterocycles. The lowest BCUT2D eigenvalue weighted by atomic mass is 9.98. The summed E-state index contributed by atoms with van der Waals surface area (Å²) in [6.07, 6.45) is 5.21. The first-order valence-corrected chi connectivity index (χ1v) is 6.74. The average Bonchev–Trinajstić information content (AvgIpc) is 2.29. The van der Waals surface area contributed by atoms with Crippen LogP contribution in [0.5, 0.6) is 0 Å². The lowest BCUT2D eigenvalue weighted by molar-refractivity contribution is 0.0978. The average molecular weight is 253 g/mol. The van der Waals surface area contributed by atoms with Gasteiger partial charge >= 0.3 is 0 Å². The quantitative estimate of drug-likeness (QED) is 0.508. The van der Waals surface area contributed by atoms with E-state index in [1.807, 2.05) is 26.0 Å². The van der Waals surface area contributed by atoms with E-state index >= 15 is 0 Å². The van der Waals surface area contributed by atoms with E-state index in [2.05, 4.69) is 6.92 Å². The normalized spacial score (nSPS) is 10.6. The highest BCUT2D eigenvalue weighted by atomic mass is 35.5. The molecule has 0 amide bonds. The third-order valence-electron chi connectivity index (χ3n) is 3.06. The van der Waals surface area contributed by atoms with Crippen LogP contribution < -0.4 is 0 Å². The van der Waals surface area contributed by atoms with Gasteiger partial charge < -0.3 is 0 Å². The lowest BCUT2D eigenvalue weighted by Gasteiger charge is -2.08. The second-order valence-electron chi connectivity index (χ2n) is 4.65. The summed E-state index contributed by atoms with van der Waals surface area (Å²) in [4.78, 5) is 12.0. The van der Waals surface area contributed by atoms with Crippen LogP contribution in [0.3, 0.4) is 0 Å². The molecule has 0 aliphatic carbocycles. The Labute approximate surface area is 109 Å². The number of hydrogen-bond acceptors (Lipinski definition) is 1. The third-order valence-corrected chi connectivity index (χ3v) is 3.47. The van der Waals surface area contributed by atoms with Gasteiger partial charge in [0.15, 0.2) is 5.78 Å². The number of rotatable bonds is 6. The van der Waals surface area contributed by atoms with Crippen molar-refractivity contribution in [1.82, 2.24) is 0 Å². The lowest BCUT2D eigenvalue weighted by Crippen LogP contribution is -2.02. The summed E-state index contributed by atoms with van der Waals surface area (Å²) in [5.41, 5.74) is 2.80. The summed E-state index contributed by atoms with van der Waals surface area (Å²) in [5, 5.41) is 0.741. The van der Waals surface area contributed by atoms with Crippen LogP contribution in [0.2, 0.25) is 5.02 Å². The largest absolute Gasteiger partial charge is 0.294 e. The molecule has 0 fully saturated rings. The molecule has 0 radical (unpaired) electrons. The molecule has 0 bridgehead atoms. The third kappa shape index (κ3) is 4.16. The highest BCUT2D eigenvalue weighted by Crippen LogP contribution is 2.22. The van der Waals surface area contributed by atoms with Gasteiger partial charge in [-0.3, -0.25) is 4.79 Å². The van der Waals surface area contributed by atoms with Crippen molar-refractivity contribution in [1.29, 1.82) is 0 Å². The van der Waals surface area contributed by atoms with Crippen molar-refractivity contribution in [3.05, 3.63) is 33.8 Å². The molecule has 2 heteroatoms. The number of hydrogen-bond donors (Lipinski definition) is 0. The van der Waals surface area contributed by atoms with Gasteiger partial charge in [-0.05, 0) is 43.5 Å². The highest BCUT2D eigenvalue weighted by Gasteiger charge is 2.10. The smallest absolute Gasteiger partial charge is 0.163 e. The van der Waals surface area contributed by atoms with Crippen LogP contribution in [0.25, 0.3) is 0 Å². The monoisotopic (exact) mass is 252 g/mol. The van der Waals surface area contributed by atoms with Crippen LogP contribution in [0, 0.1) is 13.8 Å². The molecular formula is C15H21ClO. The van der Waals surface area contributed by atoms with Crippen LogP contribution >= 0.6 is 11.6 Å². The van der Waals surface area contributed by atoms with Crippen LogP contribution in [0.15, 0.2) is 12.1 Å². The molecule has 17 heavy (non-hydrogen) atoms. The minimum Gasteiger partial charge on any atom is -0.294 e. The molecule has 0 saturated heterocycles. The van der Waals surface area contributed by atoms with Gasteiger partial charge in [0.2, 0.25) is 0 Å². The summed E-state index contributed by atoms with van der Waals surface area (Å²) in [6.45, 7) is 6.06. The number of halogens is 1. The van der Waals surface area contributed by atoms with E-state index in [4.69, 9.17) is 11.6 Å². The van der Waals surface area contributed by atoms with Gasteiger partial charge in [-0.2, -0.15) is 0 Å². The minimum atomic E-state index is 0.248. The second-order valence-corrected chi connectivity index (χ2v) is 5.06. The Morgan fingerprint density at radius 3 is 2.47 bits per heavy atom. The zero-order valence-corrected chi connectivity index (χ0v) is 11.7. The van der Waals surface area contributed by atoms with E-state index in [1.165, 1.54) is 12.8 Å². The molecule has 1 aromatic carbocycles. The standard InChI is InChI=1S/C15H21ClO/c1-4-5-6-7-8-15(17)13-9-12(3)14(16)10-11(13)2/h9-10H,4-8H2,1-3H3. The number of ketones is 1. The molecule has 1 nitrogen and oxygen atoms in total. The van der Waals surface area contributed by atoms with Gasteiger partial charge in [0, 0.05) is 17.0 Å². The minimum absolute atomic E-state index is 0.248. The molecular weight excluding hydrogens is 232 g/mol. The van der Waals surface area contributed by atoms with E-state index < -0.39 is 0 Å². The Morgan fingerprint density at radius 2 is 1.82 bits per heavy atom. The summed E-state index contributed by atoms with van der Waals surface area (Å²) in [5.74, 6) is 0.248. The van der Waals surface area contributed by atoms with Crippen molar-refractivity contribution in [2.75, 3.05) is 0 Å². The van der Waals surface area contributed by atoms with Gasteiger partial charge in [-0.15, -0.1) is 0 Å². The fourth-order valence-corrected chi connectivity index (χ4v) is 2.15. The topological polar surface area (TPSA) is 17.1 Å². The molecule has 1 aromatic rings. The van der Waals surface area contributed by atoms with E-state index in [0.717, 1.165) is 34.6 Å². The Bertz CT molecular complexity index is 396. The second kappa shape index (κ2) is 6.80. The maximum absolute atomic E-state index is 12.0. The molecule has 0 saturated carbocycles. The summed E-state index contributed by atoms with van der Waals surface area (Å²) < 4.78 is 0. The van der Waals surface area contributed by atoms with E-state index in [0.29, 0.717) is 6.42 Å². The van der Waals surface area contributed by atoms with Crippen molar-refractivity contribution >= 4 is 17.4 Å². The zero-order chi connectivity index (χ0) is 12.8. The first kappa shape index (κ1) is 14.2. The van der Waals surface area contributed by atoms with Crippen molar-refractivity contribution in [2.45, 2.75) is 52.9 Å². The molecule has 0 heterocycles. The fourth-order valence-electron chi connectivity index (χ4n) is 1.93. The van der Waals surface area contributed by atoms with Crippen LogP contribution in [0.1, 0.15) is 60.5 Å². The predicted octanol–water partition coefficient (Wildman–Crippen LogP) is 5.11. The van der Waals surface area contributed by atoms with Crippen molar-refractivity contribution in [3.8, 4) is 0 Å². The Hall–Kier alpha value is -0.820. The maximum Gasteiger partial charge on any atom is 0.163 e. The zero-order valence-electron chi connectivity index (χ0n) is 11.0. The summed E-state index contributed by atoms with van der Waals surface area (Å²) >= 11 is 6.02. The molecule has 0 aliphatic heterocycles. The number of aryl methyl sites for hydroxylation is 2. The number of carbonyl (C=O) groups is 1. The van der Waals surface area contributed by atoms with Gasteiger partial charge in [-0.1, -0.05) is 37.8 Å². The Kier molecular flexibility index (Phi) is 5.70. The van der Waals surface area contributed by atoms with Crippen molar-refractivity contribution in [2.24, 2.45) is 0 Å². The van der Waals surface area contributed by atoms with Crippen molar-refractivity contribution in [3.63, 3.8) is 0 Å². The molecule has 0 N–H and O–H groups in total. The van der Waals surface area contributed by atoms with E-state index in [-0.39, 0.29) is 5.78 Å².